The number of hydrogen-bond donors (Lipinski definition) is 2. The van der Waals surface area contributed by atoms with Crippen LogP contribution in [0.4, 0.5) is 0 Å². The van der Waals surface area contributed by atoms with Crippen LogP contribution in [0.2, 0.25) is 5.02 Å². The quantitative estimate of drug-likeness (QED) is 0.867. The molecule has 15 heavy (non-hydrogen) atoms. The van der Waals surface area contributed by atoms with Gasteiger partial charge in [-0.15, -0.1) is 0 Å². The van der Waals surface area contributed by atoms with E-state index < -0.39 is 0 Å². The van der Waals surface area contributed by atoms with E-state index in [9.17, 15) is 0 Å². The van der Waals surface area contributed by atoms with Gasteiger partial charge in [0.2, 0.25) is 0 Å². The number of halogens is 1. The number of hydrogen-bond acceptors (Lipinski definition) is 3. The van der Waals surface area contributed by atoms with Crippen LogP contribution in [-0.4, -0.2) is 15.1 Å². The number of nitrogens with zero attached hydrogens (tertiary/aromatic N) is 1. The molecule has 0 aliphatic carbocycles. The summed E-state index contributed by atoms with van der Waals surface area (Å²) >= 11 is 7.51. The summed E-state index contributed by atoms with van der Waals surface area (Å²) in [5.41, 5.74) is 0.809. The van der Waals surface area contributed by atoms with E-state index in [4.69, 9.17) is 16.7 Å². The molecule has 78 valence electrons. The van der Waals surface area contributed by atoms with E-state index in [1.165, 1.54) is 11.8 Å². The number of rotatable bonds is 3. The van der Waals surface area contributed by atoms with Crippen molar-refractivity contribution in [1.29, 1.82) is 0 Å². The first-order valence-electron chi connectivity index (χ1n) is 4.36. The molecule has 1 heterocycles. The summed E-state index contributed by atoms with van der Waals surface area (Å²) in [6.45, 7) is 0.00538. The molecule has 5 heteroatoms. The zero-order valence-electron chi connectivity index (χ0n) is 7.77. The Labute approximate surface area is 96.5 Å². The predicted octanol–water partition coefficient (Wildman–Crippen LogP) is 2.71. The molecule has 0 aliphatic heterocycles. The fourth-order valence-electron chi connectivity index (χ4n) is 1.14. The first kappa shape index (κ1) is 10.5. The molecule has 0 unspecified atom stereocenters. The summed E-state index contributed by atoms with van der Waals surface area (Å²) in [5, 5.41) is 10.4. The van der Waals surface area contributed by atoms with Gasteiger partial charge >= 0.3 is 0 Å². The first-order chi connectivity index (χ1) is 7.29. The van der Waals surface area contributed by atoms with Crippen molar-refractivity contribution >= 4 is 23.4 Å². The lowest BCUT2D eigenvalue weighted by Gasteiger charge is -2.03. The molecule has 0 saturated heterocycles. The van der Waals surface area contributed by atoms with Crippen LogP contribution in [0.5, 0.6) is 0 Å². The molecule has 0 radical (unpaired) electrons. The summed E-state index contributed by atoms with van der Waals surface area (Å²) in [7, 11) is 0. The van der Waals surface area contributed by atoms with Crippen LogP contribution in [-0.2, 0) is 6.61 Å². The van der Waals surface area contributed by atoms with E-state index in [-0.39, 0.29) is 6.61 Å². The van der Waals surface area contributed by atoms with Crippen LogP contribution in [0.3, 0.4) is 0 Å². The average Bonchev–Trinajstić information content (AvgIpc) is 2.74. The molecule has 0 spiro atoms. The van der Waals surface area contributed by atoms with E-state index in [0.29, 0.717) is 5.02 Å². The fraction of sp³-hybridized carbons (Fsp3) is 0.100. The van der Waals surface area contributed by atoms with E-state index in [0.717, 1.165) is 15.6 Å². The molecular weight excluding hydrogens is 232 g/mol. The van der Waals surface area contributed by atoms with Crippen molar-refractivity contribution < 1.29 is 5.11 Å². The van der Waals surface area contributed by atoms with Gasteiger partial charge in [-0.1, -0.05) is 29.4 Å². The summed E-state index contributed by atoms with van der Waals surface area (Å²) in [5.74, 6) is 0. The van der Waals surface area contributed by atoms with Crippen LogP contribution in [0, 0.1) is 0 Å². The van der Waals surface area contributed by atoms with E-state index in [1.807, 2.05) is 12.1 Å². The van der Waals surface area contributed by atoms with Crippen LogP contribution >= 0.6 is 23.4 Å². The Morgan fingerprint density at radius 2 is 2.33 bits per heavy atom. The van der Waals surface area contributed by atoms with Gasteiger partial charge in [-0.25, -0.2) is 4.98 Å². The number of imidazole rings is 1. The molecule has 0 fully saturated rings. The fourth-order valence-corrected chi connectivity index (χ4v) is 2.20. The van der Waals surface area contributed by atoms with Crippen LogP contribution in [0.1, 0.15) is 5.56 Å². The zero-order valence-corrected chi connectivity index (χ0v) is 9.35. The van der Waals surface area contributed by atoms with Gasteiger partial charge in [0.1, 0.15) is 0 Å². The minimum absolute atomic E-state index is 0.00538. The molecule has 2 rings (SSSR count). The van der Waals surface area contributed by atoms with E-state index >= 15 is 0 Å². The van der Waals surface area contributed by atoms with Crippen molar-refractivity contribution in [3.05, 3.63) is 41.2 Å². The van der Waals surface area contributed by atoms with Gasteiger partial charge in [-0.05, 0) is 17.7 Å². The van der Waals surface area contributed by atoms with Gasteiger partial charge in [-0.2, -0.15) is 0 Å². The number of H-pyrrole nitrogens is 1. The molecule has 3 nitrogen and oxygen atoms in total. The summed E-state index contributed by atoms with van der Waals surface area (Å²) in [6, 6.07) is 5.48. The third-order valence-electron chi connectivity index (χ3n) is 1.86. The van der Waals surface area contributed by atoms with Gasteiger partial charge in [-0.3, -0.25) is 0 Å². The number of nitrogens with one attached hydrogen (secondary N) is 1. The lowest BCUT2D eigenvalue weighted by Crippen LogP contribution is -1.84. The van der Waals surface area contributed by atoms with Gasteiger partial charge in [0.15, 0.2) is 5.16 Å². The molecule has 1 aromatic carbocycles. The van der Waals surface area contributed by atoms with Crippen LogP contribution in [0.15, 0.2) is 40.6 Å². The van der Waals surface area contributed by atoms with E-state index in [1.54, 1.807) is 18.5 Å². The molecule has 0 amide bonds. The van der Waals surface area contributed by atoms with Gasteiger partial charge in [0.25, 0.3) is 0 Å². The first-order valence-corrected chi connectivity index (χ1v) is 5.55. The van der Waals surface area contributed by atoms with Crippen molar-refractivity contribution in [3.63, 3.8) is 0 Å². The summed E-state index contributed by atoms with van der Waals surface area (Å²) < 4.78 is 0. The number of aromatic amines is 1. The van der Waals surface area contributed by atoms with Crippen molar-refractivity contribution in [1.82, 2.24) is 9.97 Å². The summed E-state index contributed by atoms with van der Waals surface area (Å²) in [6.07, 6.45) is 3.46. The largest absolute Gasteiger partial charge is 0.392 e. The topological polar surface area (TPSA) is 48.9 Å². The van der Waals surface area contributed by atoms with Gasteiger partial charge < -0.3 is 10.1 Å². The smallest absolute Gasteiger partial charge is 0.170 e. The molecule has 0 bridgehead atoms. The van der Waals surface area contributed by atoms with Crippen LogP contribution < -0.4 is 0 Å². The highest BCUT2D eigenvalue weighted by atomic mass is 35.5. The third-order valence-corrected chi connectivity index (χ3v) is 3.28. The van der Waals surface area contributed by atoms with Crippen molar-refractivity contribution in [2.75, 3.05) is 0 Å². The molecule has 0 aliphatic rings. The maximum absolute atomic E-state index is 8.93. The monoisotopic (exact) mass is 240 g/mol. The van der Waals surface area contributed by atoms with Gasteiger partial charge in [0, 0.05) is 17.3 Å². The van der Waals surface area contributed by atoms with Crippen molar-refractivity contribution in [2.24, 2.45) is 0 Å². The second kappa shape index (κ2) is 4.70. The maximum atomic E-state index is 8.93. The highest BCUT2D eigenvalue weighted by molar-refractivity contribution is 7.99. The molecule has 0 saturated carbocycles. The Bertz CT molecular complexity index is 445. The number of aromatic nitrogens is 2. The minimum atomic E-state index is 0.00538. The number of aliphatic hydroxyl groups is 1. The Kier molecular flexibility index (Phi) is 3.30. The lowest BCUT2D eigenvalue weighted by molar-refractivity contribution is 0.282. The average molecular weight is 241 g/mol. The number of aliphatic hydroxyl groups excluding tert-OH is 1. The standard InChI is InChI=1S/C10H9ClN2OS/c11-8-5-7(6-14)1-2-9(8)15-10-12-3-4-13-10/h1-5,14H,6H2,(H,12,13). The second-order valence-electron chi connectivity index (χ2n) is 2.92. The second-order valence-corrected chi connectivity index (χ2v) is 4.36. The lowest BCUT2D eigenvalue weighted by atomic mass is 10.2. The van der Waals surface area contributed by atoms with E-state index in [2.05, 4.69) is 9.97 Å². The predicted molar refractivity (Wildman–Crippen MR) is 60.1 cm³/mol. The normalized spacial score (nSPS) is 10.5. The zero-order chi connectivity index (χ0) is 10.7. The van der Waals surface area contributed by atoms with Gasteiger partial charge in [0.05, 0.1) is 11.6 Å². The van der Waals surface area contributed by atoms with Crippen molar-refractivity contribution in [2.45, 2.75) is 16.7 Å². The molecule has 2 aromatic rings. The SMILES string of the molecule is OCc1ccc(Sc2ncc[nH]2)c(Cl)c1. The Morgan fingerprint density at radius 1 is 1.47 bits per heavy atom. The summed E-state index contributed by atoms with van der Waals surface area (Å²) in [4.78, 5) is 8.00. The molecular formula is C10H9ClN2OS. The highest BCUT2D eigenvalue weighted by Crippen LogP contribution is 2.31. The highest BCUT2D eigenvalue weighted by Gasteiger charge is 2.04. The Morgan fingerprint density at radius 3 is 2.93 bits per heavy atom. The van der Waals surface area contributed by atoms with Crippen LogP contribution in [0.25, 0.3) is 0 Å². The van der Waals surface area contributed by atoms with Crippen molar-refractivity contribution in [3.8, 4) is 0 Å². The third kappa shape index (κ3) is 2.53. The Balaban J connectivity index is 2.22. The minimum Gasteiger partial charge on any atom is -0.392 e. The molecule has 0 atom stereocenters. The number of benzene rings is 1. The Hall–Kier alpha value is -0.970. The molecule has 1 aromatic heterocycles. The molecule has 2 N–H and O–H groups in total. The maximum Gasteiger partial charge on any atom is 0.170 e.